The third-order valence-electron chi connectivity index (χ3n) is 6.51. The fourth-order valence-electron chi connectivity index (χ4n) is 4.22. The number of ketones is 1. The van der Waals surface area contributed by atoms with Crippen molar-refractivity contribution >= 4 is 11.8 Å². The highest BCUT2D eigenvalue weighted by Gasteiger charge is 2.24. The molecule has 184 valence electrons. The molecule has 0 spiro atoms. The first-order valence-corrected chi connectivity index (χ1v) is 13.8. The molecule has 0 N–H and O–H groups in total. The molecule has 0 aliphatic rings. The van der Waals surface area contributed by atoms with E-state index in [2.05, 4.69) is 13.8 Å². The van der Waals surface area contributed by atoms with Crippen molar-refractivity contribution in [2.75, 3.05) is 0 Å². The summed E-state index contributed by atoms with van der Waals surface area (Å²) in [6.07, 6.45) is 23.9. The summed E-state index contributed by atoms with van der Waals surface area (Å²) in [5, 5.41) is 0. The number of esters is 1. The highest BCUT2D eigenvalue weighted by atomic mass is 16.5. The SMILES string of the molecule is CCCCCCCCCCCCCCCCCC(OC(=O)C(CC)CCCC)C(C)=O. The van der Waals surface area contributed by atoms with Crippen LogP contribution < -0.4 is 0 Å². The van der Waals surface area contributed by atoms with Crippen LogP contribution in [0.1, 0.15) is 156 Å². The molecule has 2 unspecified atom stereocenters. The van der Waals surface area contributed by atoms with Gasteiger partial charge in [-0.3, -0.25) is 9.59 Å². The van der Waals surface area contributed by atoms with Crippen LogP contribution in [0.5, 0.6) is 0 Å². The first-order chi connectivity index (χ1) is 15.1. The van der Waals surface area contributed by atoms with Crippen molar-refractivity contribution in [3.05, 3.63) is 0 Å². The molecule has 0 aliphatic carbocycles. The molecule has 0 saturated heterocycles. The lowest BCUT2D eigenvalue weighted by Crippen LogP contribution is -2.29. The molecule has 0 aromatic carbocycles. The van der Waals surface area contributed by atoms with E-state index in [1.807, 2.05) is 6.92 Å². The summed E-state index contributed by atoms with van der Waals surface area (Å²) in [4.78, 5) is 24.3. The van der Waals surface area contributed by atoms with Gasteiger partial charge in [-0.2, -0.15) is 0 Å². The molecule has 0 aliphatic heterocycles. The minimum absolute atomic E-state index is 0.0101. The zero-order chi connectivity index (χ0) is 23.2. The first-order valence-electron chi connectivity index (χ1n) is 13.8. The monoisotopic (exact) mass is 438 g/mol. The van der Waals surface area contributed by atoms with E-state index in [0.29, 0.717) is 6.42 Å². The third kappa shape index (κ3) is 18.4. The largest absolute Gasteiger partial charge is 0.454 e. The molecule has 0 fully saturated rings. The van der Waals surface area contributed by atoms with Gasteiger partial charge in [0.25, 0.3) is 0 Å². The average molecular weight is 439 g/mol. The van der Waals surface area contributed by atoms with Crippen LogP contribution in [-0.2, 0) is 14.3 Å². The molecular weight excluding hydrogens is 384 g/mol. The molecule has 3 heteroatoms. The predicted octanol–water partition coefficient (Wildman–Crippen LogP) is 8.97. The van der Waals surface area contributed by atoms with Gasteiger partial charge in [-0.05, 0) is 32.6 Å². The molecule has 0 radical (unpaired) electrons. The van der Waals surface area contributed by atoms with E-state index >= 15 is 0 Å². The molecule has 0 aromatic heterocycles. The van der Waals surface area contributed by atoms with Crippen molar-refractivity contribution in [2.24, 2.45) is 5.92 Å². The van der Waals surface area contributed by atoms with Gasteiger partial charge in [0, 0.05) is 0 Å². The van der Waals surface area contributed by atoms with Gasteiger partial charge in [-0.25, -0.2) is 0 Å². The lowest BCUT2D eigenvalue weighted by Gasteiger charge is -2.19. The van der Waals surface area contributed by atoms with Gasteiger partial charge in [0.05, 0.1) is 5.92 Å². The van der Waals surface area contributed by atoms with E-state index in [-0.39, 0.29) is 17.7 Å². The van der Waals surface area contributed by atoms with Crippen LogP contribution in [0.2, 0.25) is 0 Å². The number of carbonyl (C=O) groups excluding carboxylic acids is 2. The maximum Gasteiger partial charge on any atom is 0.309 e. The van der Waals surface area contributed by atoms with Gasteiger partial charge in [0.15, 0.2) is 11.9 Å². The molecule has 0 rings (SSSR count). The molecule has 0 aromatic rings. The minimum atomic E-state index is -0.537. The molecule has 0 heterocycles. The Morgan fingerprint density at radius 2 is 1.00 bits per heavy atom. The Labute approximate surface area is 194 Å². The zero-order valence-corrected chi connectivity index (χ0v) is 21.5. The Balaban J connectivity index is 3.69. The van der Waals surface area contributed by atoms with Crippen molar-refractivity contribution in [3.8, 4) is 0 Å². The second-order valence-corrected chi connectivity index (χ2v) is 9.52. The van der Waals surface area contributed by atoms with Gasteiger partial charge in [0.1, 0.15) is 0 Å². The van der Waals surface area contributed by atoms with Crippen molar-refractivity contribution in [3.63, 3.8) is 0 Å². The van der Waals surface area contributed by atoms with Crippen molar-refractivity contribution in [1.29, 1.82) is 0 Å². The van der Waals surface area contributed by atoms with Crippen LogP contribution in [-0.4, -0.2) is 17.9 Å². The standard InChI is InChI=1S/C28H54O3/c1-5-8-10-11-12-13-14-15-16-17-18-19-20-21-22-24-27(25(4)29)31-28(30)26(7-3)23-9-6-2/h26-27H,5-24H2,1-4H3. The summed E-state index contributed by atoms with van der Waals surface area (Å²) >= 11 is 0. The summed E-state index contributed by atoms with van der Waals surface area (Å²) in [7, 11) is 0. The fourth-order valence-corrected chi connectivity index (χ4v) is 4.22. The molecule has 0 amide bonds. The van der Waals surface area contributed by atoms with Crippen LogP contribution in [0.15, 0.2) is 0 Å². The number of rotatable bonds is 23. The second-order valence-electron chi connectivity index (χ2n) is 9.52. The lowest BCUT2D eigenvalue weighted by atomic mass is 9.99. The average Bonchev–Trinajstić information content (AvgIpc) is 2.75. The molecule has 0 saturated carbocycles. The number of hydrogen-bond acceptors (Lipinski definition) is 3. The van der Waals surface area contributed by atoms with Crippen molar-refractivity contribution < 1.29 is 14.3 Å². The van der Waals surface area contributed by atoms with Crippen LogP contribution in [0.3, 0.4) is 0 Å². The number of hydrogen-bond donors (Lipinski definition) is 0. The summed E-state index contributed by atoms with van der Waals surface area (Å²) < 4.78 is 5.59. The van der Waals surface area contributed by atoms with Gasteiger partial charge < -0.3 is 4.74 Å². The maximum atomic E-state index is 12.4. The van der Waals surface area contributed by atoms with Gasteiger partial charge in [-0.15, -0.1) is 0 Å². The summed E-state index contributed by atoms with van der Waals surface area (Å²) in [6.45, 7) is 7.99. The smallest absolute Gasteiger partial charge is 0.309 e. The minimum Gasteiger partial charge on any atom is -0.454 e. The number of Topliss-reactive ketones (excluding diaryl/α,β-unsaturated/α-hetero) is 1. The van der Waals surface area contributed by atoms with Crippen molar-refractivity contribution in [1.82, 2.24) is 0 Å². The fraction of sp³-hybridized carbons (Fsp3) is 0.929. The van der Waals surface area contributed by atoms with E-state index in [9.17, 15) is 9.59 Å². The van der Waals surface area contributed by atoms with E-state index in [4.69, 9.17) is 4.74 Å². The van der Waals surface area contributed by atoms with Crippen LogP contribution in [0, 0.1) is 5.92 Å². The third-order valence-corrected chi connectivity index (χ3v) is 6.51. The molecule has 2 atom stereocenters. The second kappa shape index (κ2) is 22.3. The Morgan fingerprint density at radius 3 is 1.39 bits per heavy atom. The Hall–Kier alpha value is -0.860. The normalized spacial score (nSPS) is 13.2. The first kappa shape index (κ1) is 30.1. The maximum absolute atomic E-state index is 12.4. The van der Waals surface area contributed by atoms with Crippen LogP contribution in [0.25, 0.3) is 0 Å². The number of unbranched alkanes of at least 4 members (excludes halogenated alkanes) is 15. The summed E-state index contributed by atoms with van der Waals surface area (Å²) in [6, 6.07) is 0. The summed E-state index contributed by atoms with van der Waals surface area (Å²) in [5.74, 6) is -0.232. The van der Waals surface area contributed by atoms with E-state index in [1.165, 1.54) is 83.5 Å². The van der Waals surface area contributed by atoms with Crippen LogP contribution in [0.4, 0.5) is 0 Å². The van der Waals surface area contributed by atoms with E-state index in [1.54, 1.807) is 6.92 Å². The topological polar surface area (TPSA) is 43.4 Å². The van der Waals surface area contributed by atoms with Gasteiger partial charge in [-0.1, -0.05) is 124 Å². The molecule has 31 heavy (non-hydrogen) atoms. The molecule has 0 bridgehead atoms. The van der Waals surface area contributed by atoms with E-state index in [0.717, 1.165) is 38.5 Å². The number of carbonyl (C=O) groups is 2. The van der Waals surface area contributed by atoms with Gasteiger partial charge >= 0.3 is 5.97 Å². The Kier molecular flexibility index (Phi) is 21.7. The van der Waals surface area contributed by atoms with Crippen LogP contribution >= 0.6 is 0 Å². The quantitative estimate of drug-likeness (QED) is 0.118. The highest BCUT2D eigenvalue weighted by molar-refractivity contribution is 5.84. The highest BCUT2D eigenvalue weighted by Crippen LogP contribution is 2.18. The summed E-state index contributed by atoms with van der Waals surface area (Å²) in [5.41, 5.74) is 0. The van der Waals surface area contributed by atoms with Gasteiger partial charge in [0.2, 0.25) is 0 Å². The number of ether oxygens (including phenoxy) is 1. The Morgan fingerprint density at radius 1 is 0.581 bits per heavy atom. The lowest BCUT2D eigenvalue weighted by molar-refractivity contribution is -0.159. The predicted molar refractivity (Wildman–Crippen MR) is 133 cm³/mol. The van der Waals surface area contributed by atoms with Crippen molar-refractivity contribution in [2.45, 2.75) is 162 Å². The molecular formula is C28H54O3. The van der Waals surface area contributed by atoms with E-state index < -0.39 is 6.10 Å². The molecule has 3 nitrogen and oxygen atoms in total. The zero-order valence-electron chi connectivity index (χ0n) is 21.5. The Bertz CT molecular complexity index is 418.